The standard InChI is InChI=1S/C13H14BrN3O/c1-18-13-3-2-9(6-10(13)14)7-11(15)12-4-5-16-8-17-12/h2-6,8,11H,7,15H2,1H3. The highest BCUT2D eigenvalue weighted by Crippen LogP contribution is 2.27. The monoisotopic (exact) mass is 307 g/mol. The van der Waals surface area contributed by atoms with Gasteiger partial charge in [-0.05, 0) is 46.1 Å². The number of nitrogens with zero attached hydrogens (tertiary/aromatic N) is 2. The predicted octanol–water partition coefficient (Wildman–Crippen LogP) is 2.49. The van der Waals surface area contributed by atoms with Gasteiger partial charge in [-0.15, -0.1) is 0 Å². The maximum atomic E-state index is 6.11. The minimum absolute atomic E-state index is 0.131. The van der Waals surface area contributed by atoms with Crippen molar-refractivity contribution in [3.63, 3.8) is 0 Å². The Morgan fingerprint density at radius 1 is 1.39 bits per heavy atom. The first-order valence-corrected chi connectivity index (χ1v) is 6.34. The lowest BCUT2D eigenvalue weighted by Gasteiger charge is -2.12. The van der Waals surface area contributed by atoms with E-state index in [1.807, 2.05) is 24.3 Å². The molecular formula is C13H14BrN3O. The van der Waals surface area contributed by atoms with E-state index < -0.39 is 0 Å². The number of benzene rings is 1. The van der Waals surface area contributed by atoms with E-state index in [0.717, 1.165) is 27.9 Å². The third-order valence-corrected chi connectivity index (χ3v) is 3.28. The zero-order valence-electron chi connectivity index (χ0n) is 10.0. The fourth-order valence-corrected chi connectivity index (χ4v) is 2.30. The van der Waals surface area contributed by atoms with Crippen molar-refractivity contribution in [2.24, 2.45) is 5.73 Å². The normalized spacial score (nSPS) is 12.2. The van der Waals surface area contributed by atoms with Gasteiger partial charge >= 0.3 is 0 Å². The summed E-state index contributed by atoms with van der Waals surface area (Å²) in [5.74, 6) is 0.814. The lowest BCUT2D eigenvalue weighted by Crippen LogP contribution is -2.14. The lowest BCUT2D eigenvalue weighted by molar-refractivity contribution is 0.412. The Kier molecular flexibility index (Phi) is 4.28. The molecule has 0 bridgehead atoms. The zero-order chi connectivity index (χ0) is 13.0. The second-order valence-electron chi connectivity index (χ2n) is 3.91. The number of nitrogens with two attached hydrogens (primary N) is 1. The van der Waals surface area contributed by atoms with Crippen LogP contribution in [0.15, 0.2) is 41.3 Å². The average Bonchev–Trinajstić information content (AvgIpc) is 2.40. The van der Waals surface area contributed by atoms with E-state index in [2.05, 4.69) is 25.9 Å². The molecule has 0 saturated carbocycles. The van der Waals surface area contributed by atoms with Crippen LogP contribution in [0.1, 0.15) is 17.3 Å². The highest BCUT2D eigenvalue weighted by molar-refractivity contribution is 9.10. The molecular weight excluding hydrogens is 294 g/mol. The summed E-state index contributed by atoms with van der Waals surface area (Å²) >= 11 is 3.46. The summed E-state index contributed by atoms with van der Waals surface area (Å²) in [7, 11) is 1.65. The Bertz CT molecular complexity index is 519. The maximum Gasteiger partial charge on any atom is 0.133 e. The summed E-state index contributed by atoms with van der Waals surface area (Å²) in [6.45, 7) is 0. The third-order valence-electron chi connectivity index (χ3n) is 2.66. The first-order chi connectivity index (χ1) is 8.70. The van der Waals surface area contributed by atoms with Gasteiger partial charge in [-0.1, -0.05) is 6.07 Å². The molecule has 2 aromatic rings. The fourth-order valence-electron chi connectivity index (χ4n) is 1.72. The number of hydrogen-bond donors (Lipinski definition) is 1. The molecule has 18 heavy (non-hydrogen) atoms. The molecule has 4 nitrogen and oxygen atoms in total. The highest BCUT2D eigenvalue weighted by atomic mass is 79.9. The van der Waals surface area contributed by atoms with Crippen molar-refractivity contribution in [1.29, 1.82) is 0 Å². The van der Waals surface area contributed by atoms with Crippen LogP contribution in [0.3, 0.4) is 0 Å². The van der Waals surface area contributed by atoms with Crippen molar-refractivity contribution in [3.05, 3.63) is 52.5 Å². The van der Waals surface area contributed by atoms with Gasteiger partial charge in [0, 0.05) is 6.20 Å². The molecule has 0 aliphatic rings. The van der Waals surface area contributed by atoms with Gasteiger partial charge in [-0.2, -0.15) is 0 Å². The Morgan fingerprint density at radius 2 is 2.22 bits per heavy atom. The van der Waals surface area contributed by atoms with Gasteiger partial charge in [0.15, 0.2) is 0 Å². The van der Waals surface area contributed by atoms with Gasteiger partial charge in [-0.25, -0.2) is 9.97 Å². The molecule has 94 valence electrons. The average molecular weight is 308 g/mol. The molecule has 1 aromatic carbocycles. The van der Waals surface area contributed by atoms with Gasteiger partial charge < -0.3 is 10.5 Å². The largest absolute Gasteiger partial charge is 0.496 e. The van der Waals surface area contributed by atoms with Crippen LogP contribution >= 0.6 is 15.9 Å². The van der Waals surface area contributed by atoms with Crippen LogP contribution in [-0.4, -0.2) is 17.1 Å². The highest BCUT2D eigenvalue weighted by Gasteiger charge is 2.09. The Hall–Kier alpha value is -1.46. The molecule has 0 fully saturated rings. The number of halogens is 1. The first kappa shape index (κ1) is 13.0. The van der Waals surface area contributed by atoms with E-state index >= 15 is 0 Å². The van der Waals surface area contributed by atoms with Crippen molar-refractivity contribution in [3.8, 4) is 5.75 Å². The second-order valence-corrected chi connectivity index (χ2v) is 4.77. The summed E-state index contributed by atoms with van der Waals surface area (Å²) in [5.41, 5.74) is 8.09. The second kappa shape index (κ2) is 5.93. The smallest absolute Gasteiger partial charge is 0.133 e. The molecule has 5 heteroatoms. The Morgan fingerprint density at radius 3 is 2.83 bits per heavy atom. The molecule has 0 spiro atoms. The van der Waals surface area contributed by atoms with Crippen LogP contribution in [0, 0.1) is 0 Å². The van der Waals surface area contributed by atoms with Gasteiger partial charge in [-0.3, -0.25) is 0 Å². The topological polar surface area (TPSA) is 61.0 Å². The van der Waals surface area contributed by atoms with Crippen LogP contribution < -0.4 is 10.5 Å². The van der Waals surface area contributed by atoms with Crippen molar-refractivity contribution in [1.82, 2.24) is 9.97 Å². The van der Waals surface area contributed by atoms with Crippen LogP contribution in [0.5, 0.6) is 5.75 Å². The molecule has 1 heterocycles. The molecule has 0 amide bonds. The Balaban J connectivity index is 2.12. The SMILES string of the molecule is COc1ccc(CC(N)c2ccncn2)cc1Br. The van der Waals surface area contributed by atoms with Crippen LogP contribution in [-0.2, 0) is 6.42 Å². The van der Waals surface area contributed by atoms with Gasteiger partial charge in [0.1, 0.15) is 12.1 Å². The van der Waals surface area contributed by atoms with Crippen LogP contribution in [0.25, 0.3) is 0 Å². The quantitative estimate of drug-likeness (QED) is 0.942. The number of ether oxygens (including phenoxy) is 1. The number of hydrogen-bond acceptors (Lipinski definition) is 4. The van der Waals surface area contributed by atoms with Gasteiger partial charge in [0.2, 0.25) is 0 Å². The van der Waals surface area contributed by atoms with Crippen molar-refractivity contribution in [2.75, 3.05) is 7.11 Å². The van der Waals surface area contributed by atoms with E-state index in [1.165, 1.54) is 6.33 Å². The van der Waals surface area contributed by atoms with E-state index in [0.29, 0.717) is 0 Å². The zero-order valence-corrected chi connectivity index (χ0v) is 11.6. The molecule has 1 atom stereocenters. The fraction of sp³-hybridized carbons (Fsp3) is 0.231. The van der Waals surface area contributed by atoms with Crippen molar-refractivity contribution in [2.45, 2.75) is 12.5 Å². The van der Waals surface area contributed by atoms with Crippen LogP contribution in [0.2, 0.25) is 0 Å². The predicted molar refractivity (Wildman–Crippen MR) is 73.4 cm³/mol. The van der Waals surface area contributed by atoms with E-state index in [4.69, 9.17) is 10.5 Å². The summed E-state index contributed by atoms with van der Waals surface area (Å²) in [6.07, 6.45) is 3.94. The molecule has 0 aliphatic heterocycles. The van der Waals surface area contributed by atoms with Crippen molar-refractivity contribution >= 4 is 15.9 Å². The molecule has 2 N–H and O–H groups in total. The lowest BCUT2D eigenvalue weighted by atomic mass is 10.0. The minimum atomic E-state index is -0.131. The molecule has 1 unspecified atom stereocenters. The van der Waals surface area contributed by atoms with E-state index in [-0.39, 0.29) is 6.04 Å². The number of methoxy groups -OCH3 is 1. The molecule has 1 aromatic heterocycles. The summed E-state index contributed by atoms with van der Waals surface area (Å²) < 4.78 is 6.12. The number of aromatic nitrogens is 2. The molecule has 0 aliphatic carbocycles. The minimum Gasteiger partial charge on any atom is -0.496 e. The molecule has 2 rings (SSSR count). The van der Waals surface area contributed by atoms with Gasteiger partial charge in [0.25, 0.3) is 0 Å². The number of rotatable bonds is 4. The Labute approximate surface area is 114 Å². The summed E-state index contributed by atoms with van der Waals surface area (Å²) in [6, 6.07) is 7.65. The van der Waals surface area contributed by atoms with E-state index in [1.54, 1.807) is 13.3 Å². The summed E-state index contributed by atoms with van der Waals surface area (Å²) in [5, 5.41) is 0. The third kappa shape index (κ3) is 3.05. The van der Waals surface area contributed by atoms with Crippen LogP contribution in [0.4, 0.5) is 0 Å². The van der Waals surface area contributed by atoms with Crippen molar-refractivity contribution < 1.29 is 4.74 Å². The van der Waals surface area contributed by atoms with Gasteiger partial charge in [0.05, 0.1) is 23.3 Å². The first-order valence-electron chi connectivity index (χ1n) is 5.54. The summed E-state index contributed by atoms with van der Waals surface area (Å²) in [4.78, 5) is 8.04. The maximum absolute atomic E-state index is 6.11. The molecule has 0 saturated heterocycles. The molecule has 0 radical (unpaired) electrons. The van der Waals surface area contributed by atoms with E-state index in [9.17, 15) is 0 Å².